The minimum absolute atomic E-state index is 0.00290. The molecule has 13 nitrogen and oxygen atoms in total. The number of hydrogen-bond acceptors (Lipinski definition) is 12. The van der Waals surface area contributed by atoms with E-state index in [0.29, 0.717) is 88.7 Å². The number of benzene rings is 1. The maximum absolute atomic E-state index is 14.4. The number of nitrogens with zero attached hydrogens (tertiary/aromatic N) is 5. The monoisotopic (exact) mass is 633 g/mol. The molecule has 1 aromatic carbocycles. The minimum atomic E-state index is -0.486. The maximum Gasteiger partial charge on any atom is 0.233 e. The van der Waals surface area contributed by atoms with Crippen LogP contribution in [0.3, 0.4) is 0 Å². The SMILES string of the molecule is COc1ccc(Nc2nc(NCC3CCCN3C(=O)CCOCCOCCOCCO)nc(N(C)C3CCCCC3)n2)cc1F. The molecule has 1 saturated carbocycles. The third-order valence-corrected chi connectivity index (χ3v) is 8.10. The number of hydrogen-bond donors (Lipinski definition) is 3. The normalized spacial score (nSPS) is 17.0. The van der Waals surface area contributed by atoms with Crippen molar-refractivity contribution in [2.75, 3.05) is 89.0 Å². The van der Waals surface area contributed by atoms with Crippen molar-refractivity contribution in [2.45, 2.75) is 63.5 Å². The Bertz CT molecular complexity index is 1190. The lowest BCUT2D eigenvalue weighted by Gasteiger charge is -2.31. The molecule has 14 heteroatoms. The van der Waals surface area contributed by atoms with Crippen LogP contribution in [0.15, 0.2) is 18.2 Å². The third kappa shape index (κ3) is 10.9. The number of aliphatic hydroxyl groups is 1. The highest BCUT2D eigenvalue weighted by Crippen LogP contribution is 2.27. The van der Waals surface area contributed by atoms with E-state index in [1.165, 1.54) is 32.4 Å². The van der Waals surface area contributed by atoms with Gasteiger partial charge in [0.05, 0.1) is 59.8 Å². The quantitative estimate of drug-likeness (QED) is 0.195. The lowest BCUT2D eigenvalue weighted by atomic mass is 9.95. The van der Waals surface area contributed by atoms with Gasteiger partial charge in [-0.05, 0) is 37.8 Å². The van der Waals surface area contributed by atoms with Crippen molar-refractivity contribution < 1.29 is 33.2 Å². The molecule has 0 radical (unpaired) electrons. The Labute approximate surface area is 264 Å². The fraction of sp³-hybridized carbons (Fsp3) is 0.677. The van der Waals surface area contributed by atoms with Gasteiger partial charge in [-0.2, -0.15) is 15.0 Å². The van der Waals surface area contributed by atoms with Crippen molar-refractivity contribution in [3.63, 3.8) is 0 Å². The predicted molar refractivity (Wildman–Crippen MR) is 169 cm³/mol. The first-order chi connectivity index (χ1) is 22.0. The Morgan fingerprint density at radius 2 is 1.69 bits per heavy atom. The standard InChI is InChI=1S/C31H48FN7O6/c1-38(24-7-4-3-5-8-24)31-36-29(35-30(37-31)34-23-10-11-27(42-2)26(32)21-23)33-22-25-9-6-13-39(25)28(41)12-15-43-17-19-45-20-18-44-16-14-40/h10-11,21,24-25,40H,3-9,12-20,22H2,1-2H3,(H2,33,34,35,36,37). The van der Waals surface area contributed by atoms with E-state index in [9.17, 15) is 9.18 Å². The average molecular weight is 634 g/mol. The van der Waals surface area contributed by atoms with Crippen LogP contribution in [0.2, 0.25) is 0 Å². The molecule has 4 rings (SSSR count). The van der Waals surface area contributed by atoms with Gasteiger partial charge in [-0.15, -0.1) is 0 Å². The molecule has 1 aromatic heterocycles. The molecule has 0 bridgehead atoms. The van der Waals surface area contributed by atoms with Crippen molar-refractivity contribution in [3.8, 4) is 5.75 Å². The molecule has 3 N–H and O–H groups in total. The smallest absolute Gasteiger partial charge is 0.233 e. The average Bonchev–Trinajstić information content (AvgIpc) is 3.53. The van der Waals surface area contributed by atoms with E-state index in [-0.39, 0.29) is 24.3 Å². The maximum atomic E-state index is 14.4. The number of ether oxygens (including phenoxy) is 4. The van der Waals surface area contributed by atoms with E-state index in [1.807, 2.05) is 11.9 Å². The molecule has 1 amide bonds. The summed E-state index contributed by atoms with van der Waals surface area (Å²) in [5, 5.41) is 15.1. The number of carbonyl (C=O) groups is 1. The van der Waals surface area contributed by atoms with Gasteiger partial charge in [-0.25, -0.2) is 4.39 Å². The van der Waals surface area contributed by atoms with Gasteiger partial charge in [-0.3, -0.25) is 4.79 Å². The zero-order valence-electron chi connectivity index (χ0n) is 26.5. The molecule has 1 saturated heterocycles. The molecular weight excluding hydrogens is 585 g/mol. The van der Waals surface area contributed by atoms with E-state index < -0.39 is 5.82 Å². The minimum Gasteiger partial charge on any atom is -0.494 e. The second kappa shape index (κ2) is 18.6. The Balaban J connectivity index is 1.32. The van der Waals surface area contributed by atoms with Gasteiger partial charge in [0, 0.05) is 44.0 Å². The van der Waals surface area contributed by atoms with E-state index in [2.05, 4.69) is 25.5 Å². The molecule has 0 spiro atoms. The molecule has 1 unspecified atom stereocenters. The van der Waals surface area contributed by atoms with E-state index >= 15 is 0 Å². The lowest BCUT2D eigenvalue weighted by Crippen LogP contribution is -2.40. The highest BCUT2D eigenvalue weighted by atomic mass is 19.1. The highest BCUT2D eigenvalue weighted by molar-refractivity contribution is 5.77. The topological polar surface area (TPSA) is 143 Å². The summed E-state index contributed by atoms with van der Waals surface area (Å²) in [6.07, 6.45) is 7.84. The van der Waals surface area contributed by atoms with Gasteiger partial charge in [-0.1, -0.05) is 19.3 Å². The number of nitrogens with one attached hydrogen (secondary N) is 2. The Morgan fingerprint density at radius 3 is 2.40 bits per heavy atom. The number of methoxy groups -OCH3 is 1. The van der Waals surface area contributed by atoms with Gasteiger partial charge in [0.25, 0.3) is 0 Å². The van der Waals surface area contributed by atoms with Gasteiger partial charge in [0.1, 0.15) is 0 Å². The highest BCUT2D eigenvalue weighted by Gasteiger charge is 2.29. The number of aliphatic hydroxyl groups excluding tert-OH is 1. The summed E-state index contributed by atoms with van der Waals surface area (Å²) in [5.41, 5.74) is 0.491. The summed E-state index contributed by atoms with van der Waals surface area (Å²) in [6.45, 7) is 3.48. The first kappa shape index (κ1) is 34.5. The number of anilines is 4. The van der Waals surface area contributed by atoms with Crippen molar-refractivity contribution in [1.29, 1.82) is 0 Å². The second-order valence-corrected chi connectivity index (χ2v) is 11.2. The van der Waals surface area contributed by atoms with Gasteiger partial charge in [0.2, 0.25) is 23.8 Å². The Morgan fingerprint density at radius 1 is 0.978 bits per heavy atom. The molecule has 2 fully saturated rings. The number of likely N-dealkylation sites (tertiary alicyclic amines) is 1. The molecule has 250 valence electrons. The van der Waals surface area contributed by atoms with Crippen LogP contribution in [-0.2, 0) is 19.0 Å². The van der Waals surface area contributed by atoms with Crippen LogP contribution in [0.4, 0.5) is 27.9 Å². The van der Waals surface area contributed by atoms with Crippen molar-refractivity contribution in [1.82, 2.24) is 19.9 Å². The van der Waals surface area contributed by atoms with E-state index in [0.717, 1.165) is 25.7 Å². The first-order valence-corrected chi connectivity index (χ1v) is 16.0. The van der Waals surface area contributed by atoms with Crippen LogP contribution in [0.1, 0.15) is 51.4 Å². The van der Waals surface area contributed by atoms with E-state index in [4.69, 9.17) is 29.0 Å². The number of aromatic nitrogens is 3. The molecule has 1 aliphatic carbocycles. The molecule has 45 heavy (non-hydrogen) atoms. The van der Waals surface area contributed by atoms with Crippen LogP contribution in [0, 0.1) is 5.82 Å². The molecule has 1 atom stereocenters. The van der Waals surface area contributed by atoms with Crippen molar-refractivity contribution in [3.05, 3.63) is 24.0 Å². The number of amides is 1. The Hall–Kier alpha value is -3.33. The number of halogens is 1. The van der Waals surface area contributed by atoms with Crippen molar-refractivity contribution >= 4 is 29.4 Å². The summed E-state index contributed by atoms with van der Waals surface area (Å²) in [4.78, 5) is 31.0. The zero-order chi connectivity index (χ0) is 31.9. The summed E-state index contributed by atoms with van der Waals surface area (Å²) < 4.78 is 35.5. The van der Waals surface area contributed by atoms with Gasteiger partial charge >= 0.3 is 0 Å². The third-order valence-electron chi connectivity index (χ3n) is 8.10. The fourth-order valence-electron chi connectivity index (χ4n) is 5.66. The Kier molecular flexibility index (Phi) is 14.3. The summed E-state index contributed by atoms with van der Waals surface area (Å²) in [5.74, 6) is 0.948. The molecule has 2 aliphatic rings. The van der Waals surface area contributed by atoms with Crippen LogP contribution in [0.25, 0.3) is 0 Å². The molecular formula is C31H48FN7O6. The number of carbonyl (C=O) groups excluding carboxylic acids is 1. The fourth-order valence-corrected chi connectivity index (χ4v) is 5.66. The summed E-state index contributed by atoms with van der Waals surface area (Å²) >= 11 is 0. The summed E-state index contributed by atoms with van der Waals surface area (Å²) in [7, 11) is 3.43. The van der Waals surface area contributed by atoms with Gasteiger partial charge < -0.3 is 44.5 Å². The molecule has 1 aliphatic heterocycles. The van der Waals surface area contributed by atoms with E-state index in [1.54, 1.807) is 12.1 Å². The largest absolute Gasteiger partial charge is 0.494 e. The molecule has 2 heterocycles. The predicted octanol–water partition coefficient (Wildman–Crippen LogP) is 3.37. The zero-order valence-corrected chi connectivity index (χ0v) is 26.5. The van der Waals surface area contributed by atoms with Crippen LogP contribution in [-0.4, -0.2) is 116 Å². The lowest BCUT2D eigenvalue weighted by molar-refractivity contribution is -0.133. The molecule has 2 aromatic rings. The van der Waals surface area contributed by atoms with Crippen LogP contribution >= 0.6 is 0 Å². The number of rotatable bonds is 19. The van der Waals surface area contributed by atoms with Crippen LogP contribution in [0.5, 0.6) is 5.75 Å². The van der Waals surface area contributed by atoms with Crippen LogP contribution < -0.4 is 20.3 Å². The second-order valence-electron chi connectivity index (χ2n) is 11.2. The first-order valence-electron chi connectivity index (χ1n) is 16.0. The summed E-state index contributed by atoms with van der Waals surface area (Å²) in [6, 6.07) is 4.94. The van der Waals surface area contributed by atoms with Crippen molar-refractivity contribution in [2.24, 2.45) is 0 Å². The van der Waals surface area contributed by atoms with Gasteiger partial charge in [0.15, 0.2) is 11.6 Å².